The zero-order valence-corrected chi connectivity index (χ0v) is 12.1. The van der Waals surface area contributed by atoms with Crippen LogP contribution in [0.2, 0.25) is 0 Å². The molecular formula is C15H16FN3O3. The number of hydrogen-bond donors (Lipinski definition) is 1. The van der Waals surface area contributed by atoms with E-state index in [9.17, 15) is 14.5 Å². The Labute approximate surface area is 126 Å². The van der Waals surface area contributed by atoms with E-state index < -0.39 is 10.7 Å². The zero-order chi connectivity index (χ0) is 15.7. The van der Waals surface area contributed by atoms with Crippen LogP contribution in [0.3, 0.4) is 0 Å². The standard InChI is InChI=1S/C15H16FN3O3/c1-9-6-11(4-5-22-9)18-15-12-7-10(16)2-3-13(12)17-8-14(15)19(20)21/h2-3,7-9,11H,4-6H2,1H3,(H,17,18)/t9-,11+/m0/s1. The molecule has 2 aromatic rings. The fraction of sp³-hybridized carbons (Fsp3) is 0.400. The molecule has 1 aromatic heterocycles. The lowest BCUT2D eigenvalue weighted by Crippen LogP contribution is -2.32. The summed E-state index contributed by atoms with van der Waals surface area (Å²) in [6.07, 6.45) is 2.80. The molecule has 0 radical (unpaired) electrons. The highest BCUT2D eigenvalue weighted by atomic mass is 19.1. The van der Waals surface area contributed by atoms with Gasteiger partial charge in [0.1, 0.15) is 17.7 Å². The van der Waals surface area contributed by atoms with Gasteiger partial charge in [-0.2, -0.15) is 0 Å². The van der Waals surface area contributed by atoms with Crippen LogP contribution in [0.1, 0.15) is 19.8 Å². The number of anilines is 1. The normalized spacial score (nSPS) is 21.7. The minimum absolute atomic E-state index is 0.0521. The van der Waals surface area contributed by atoms with E-state index in [0.717, 1.165) is 12.8 Å². The van der Waals surface area contributed by atoms with Gasteiger partial charge in [0.15, 0.2) is 0 Å². The molecular weight excluding hydrogens is 289 g/mol. The quantitative estimate of drug-likeness (QED) is 0.695. The van der Waals surface area contributed by atoms with Gasteiger partial charge < -0.3 is 10.1 Å². The smallest absolute Gasteiger partial charge is 0.311 e. The van der Waals surface area contributed by atoms with Crippen LogP contribution in [0.15, 0.2) is 24.4 Å². The van der Waals surface area contributed by atoms with Gasteiger partial charge in [-0.05, 0) is 38.0 Å². The van der Waals surface area contributed by atoms with Crippen LogP contribution in [0.25, 0.3) is 10.9 Å². The number of nitrogens with zero attached hydrogens (tertiary/aromatic N) is 2. The van der Waals surface area contributed by atoms with Crippen LogP contribution in [-0.4, -0.2) is 28.7 Å². The number of nitrogens with one attached hydrogen (secondary N) is 1. The number of pyridine rings is 1. The molecule has 2 heterocycles. The summed E-state index contributed by atoms with van der Waals surface area (Å²) >= 11 is 0. The molecule has 0 bridgehead atoms. The van der Waals surface area contributed by atoms with Gasteiger partial charge in [-0.15, -0.1) is 0 Å². The summed E-state index contributed by atoms with van der Waals surface area (Å²) in [5.74, 6) is -0.446. The van der Waals surface area contributed by atoms with Crippen molar-refractivity contribution in [3.05, 3.63) is 40.3 Å². The lowest BCUT2D eigenvalue weighted by Gasteiger charge is -2.28. The second-order valence-electron chi connectivity index (χ2n) is 5.48. The molecule has 1 aliphatic heterocycles. The monoisotopic (exact) mass is 305 g/mol. The second-order valence-corrected chi connectivity index (χ2v) is 5.48. The van der Waals surface area contributed by atoms with Gasteiger partial charge in [0, 0.05) is 18.0 Å². The Morgan fingerprint density at radius 3 is 3.05 bits per heavy atom. The van der Waals surface area contributed by atoms with E-state index in [2.05, 4.69) is 10.3 Å². The summed E-state index contributed by atoms with van der Waals surface area (Å²) in [7, 11) is 0. The van der Waals surface area contributed by atoms with E-state index in [4.69, 9.17) is 4.74 Å². The molecule has 1 N–H and O–H groups in total. The number of fused-ring (bicyclic) bond motifs is 1. The lowest BCUT2D eigenvalue weighted by molar-refractivity contribution is -0.384. The van der Waals surface area contributed by atoms with Crippen molar-refractivity contribution in [1.82, 2.24) is 4.98 Å². The number of aromatic nitrogens is 1. The first-order chi connectivity index (χ1) is 10.5. The Balaban J connectivity index is 2.05. The first-order valence-corrected chi connectivity index (χ1v) is 7.15. The van der Waals surface area contributed by atoms with Gasteiger partial charge >= 0.3 is 5.69 Å². The molecule has 3 rings (SSSR count). The maximum absolute atomic E-state index is 13.5. The van der Waals surface area contributed by atoms with E-state index in [-0.39, 0.29) is 17.8 Å². The van der Waals surface area contributed by atoms with Crippen molar-refractivity contribution < 1.29 is 14.1 Å². The fourth-order valence-electron chi connectivity index (χ4n) is 2.78. The van der Waals surface area contributed by atoms with Crippen LogP contribution in [0.5, 0.6) is 0 Å². The lowest BCUT2D eigenvalue weighted by atomic mass is 10.0. The zero-order valence-electron chi connectivity index (χ0n) is 12.1. The summed E-state index contributed by atoms with van der Waals surface area (Å²) in [5.41, 5.74) is 0.709. The minimum atomic E-state index is -0.498. The Morgan fingerprint density at radius 2 is 2.32 bits per heavy atom. The Morgan fingerprint density at radius 1 is 1.50 bits per heavy atom. The highest BCUT2D eigenvalue weighted by Crippen LogP contribution is 2.33. The first-order valence-electron chi connectivity index (χ1n) is 7.15. The predicted molar refractivity (Wildman–Crippen MR) is 80.4 cm³/mol. The van der Waals surface area contributed by atoms with E-state index >= 15 is 0 Å². The van der Waals surface area contributed by atoms with Gasteiger partial charge in [0.05, 0.1) is 16.5 Å². The molecule has 0 aliphatic carbocycles. The molecule has 2 atom stereocenters. The van der Waals surface area contributed by atoms with Crippen molar-refractivity contribution in [3.63, 3.8) is 0 Å². The minimum Gasteiger partial charge on any atom is -0.378 e. The maximum atomic E-state index is 13.5. The highest BCUT2D eigenvalue weighted by Gasteiger charge is 2.24. The third-order valence-corrected chi connectivity index (χ3v) is 3.84. The molecule has 22 heavy (non-hydrogen) atoms. The number of nitro groups is 1. The largest absolute Gasteiger partial charge is 0.378 e. The van der Waals surface area contributed by atoms with Crippen molar-refractivity contribution in [1.29, 1.82) is 0 Å². The number of halogens is 1. The average Bonchev–Trinajstić information content (AvgIpc) is 2.47. The van der Waals surface area contributed by atoms with E-state index in [1.165, 1.54) is 24.4 Å². The third kappa shape index (κ3) is 2.85. The van der Waals surface area contributed by atoms with Gasteiger partial charge in [-0.3, -0.25) is 10.1 Å². The molecule has 0 amide bonds. The van der Waals surface area contributed by atoms with Crippen LogP contribution in [0, 0.1) is 15.9 Å². The van der Waals surface area contributed by atoms with Crippen LogP contribution in [0.4, 0.5) is 15.8 Å². The van der Waals surface area contributed by atoms with Gasteiger partial charge in [0.25, 0.3) is 0 Å². The molecule has 116 valence electrons. The molecule has 1 aliphatic rings. The van der Waals surface area contributed by atoms with Gasteiger partial charge in [-0.25, -0.2) is 9.37 Å². The summed E-state index contributed by atoms with van der Waals surface area (Å²) in [5, 5.41) is 14.9. The van der Waals surface area contributed by atoms with Crippen LogP contribution >= 0.6 is 0 Å². The molecule has 1 aromatic carbocycles. The second kappa shape index (κ2) is 5.84. The fourth-order valence-corrected chi connectivity index (χ4v) is 2.78. The number of ether oxygens (including phenoxy) is 1. The number of rotatable bonds is 3. The number of benzene rings is 1. The number of hydrogen-bond acceptors (Lipinski definition) is 5. The Hall–Kier alpha value is -2.28. The SMILES string of the molecule is C[C@H]1C[C@H](Nc2c([N+](=O)[O-])cnc3ccc(F)cc23)CCO1. The van der Waals surface area contributed by atoms with Gasteiger partial charge in [-0.1, -0.05) is 0 Å². The van der Waals surface area contributed by atoms with Crippen molar-refractivity contribution in [2.24, 2.45) is 0 Å². The summed E-state index contributed by atoms with van der Waals surface area (Å²) < 4.78 is 19.0. The van der Waals surface area contributed by atoms with E-state index in [1.54, 1.807) is 0 Å². The highest BCUT2D eigenvalue weighted by molar-refractivity contribution is 5.95. The molecule has 1 saturated heterocycles. The maximum Gasteiger partial charge on any atom is 0.311 e. The van der Waals surface area contributed by atoms with E-state index in [0.29, 0.717) is 23.2 Å². The van der Waals surface area contributed by atoms with Crippen molar-refractivity contribution >= 4 is 22.3 Å². The average molecular weight is 305 g/mol. The third-order valence-electron chi connectivity index (χ3n) is 3.84. The van der Waals surface area contributed by atoms with Crippen molar-refractivity contribution in [2.75, 3.05) is 11.9 Å². The van der Waals surface area contributed by atoms with Crippen LogP contribution < -0.4 is 5.32 Å². The molecule has 0 saturated carbocycles. The van der Waals surface area contributed by atoms with Crippen LogP contribution in [-0.2, 0) is 4.74 Å². The predicted octanol–water partition coefficient (Wildman–Crippen LogP) is 3.26. The van der Waals surface area contributed by atoms with Crippen molar-refractivity contribution in [2.45, 2.75) is 31.9 Å². The summed E-state index contributed by atoms with van der Waals surface area (Å²) in [4.78, 5) is 14.8. The van der Waals surface area contributed by atoms with E-state index in [1.807, 2.05) is 6.92 Å². The first kappa shape index (κ1) is 14.6. The molecule has 7 heteroatoms. The summed E-state index contributed by atoms with van der Waals surface area (Å²) in [6.45, 7) is 2.57. The molecule has 6 nitrogen and oxygen atoms in total. The van der Waals surface area contributed by atoms with Gasteiger partial charge in [0.2, 0.25) is 0 Å². The Kier molecular flexibility index (Phi) is 3.89. The summed E-state index contributed by atoms with van der Waals surface area (Å²) in [6, 6.07) is 4.14. The molecule has 0 spiro atoms. The Bertz CT molecular complexity index is 722. The topological polar surface area (TPSA) is 77.3 Å². The molecule has 0 unspecified atom stereocenters. The molecule has 1 fully saturated rings. The van der Waals surface area contributed by atoms with Crippen molar-refractivity contribution in [3.8, 4) is 0 Å².